The number of ether oxygens (including phenoxy) is 2. The molecule has 0 bridgehead atoms. The molecule has 138 valence electrons. The van der Waals surface area contributed by atoms with Crippen LogP contribution < -0.4 is 9.47 Å². The van der Waals surface area contributed by atoms with E-state index < -0.39 is 0 Å². The van der Waals surface area contributed by atoms with Crippen molar-refractivity contribution in [3.05, 3.63) is 35.9 Å². The lowest BCUT2D eigenvalue weighted by molar-refractivity contribution is 0.242. The molecule has 3 heteroatoms. The van der Waals surface area contributed by atoms with Crippen molar-refractivity contribution in [1.29, 1.82) is 0 Å². The molecule has 0 aliphatic carbocycles. The average molecular weight is 407 g/mol. The van der Waals surface area contributed by atoms with Crippen molar-refractivity contribution in [2.75, 3.05) is 6.61 Å². The van der Waals surface area contributed by atoms with Crippen LogP contribution in [-0.4, -0.2) is 17.5 Å². The first kappa shape index (κ1) is 20.1. The highest BCUT2D eigenvalue weighted by atomic mass is 79.9. The quantitative estimate of drug-likeness (QED) is 0.315. The molecule has 0 heterocycles. The second kappa shape index (κ2) is 10.1. The Morgan fingerprint density at radius 1 is 1.04 bits per heavy atom. The van der Waals surface area contributed by atoms with Gasteiger partial charge in [-0.05, 0) is 57.6 Å². The molecule has 0 N–H and O–H groups in total. The first-order valence-corrected chi connectivity index (χ1v) is 10.5. The summed E-state index contributed by atoms with van der Waals surface area (Å²) < 4.78 is 12.3. The largest absolute Gasteiger partial charge is 0.493 e. The highest BCUT2D eigenvalue weighted by Crippen LogP contribution is 2.37. The van der Waals surface area contributed by atoms with Gasteiger partial charge in [0.15, 0.2) is 0 Å². The standard InChI is InChI=1S/C22H31BrO2/c1-5-17-15-21(24-14-10-9-11-18(23)6-2)19-12-7-8-13-20(19)22(17)25-16(3)4/h7-8,12-13,15-16,18H,5-6,9-11,14H2,1-4H3. The van der Waals surface area contributed by atoms with Crippen LogP contribution in [0.4, 0.5) is 0 Å². The normalized spacial score (nSPS) is 12.6. The van der Waals surface area contributed by atoms with Gasteiger partial charge in [0.2, 0.25) is 0 Å². The van der Waals surface area contributed by atoms with Crippen LogP contribution in [0.15, 0.2) is 30.3 Å². The Morgan fingerprint density at radius 3 is 2.40 bits per heavy atom. The number of fused-ring (bicyclic) bond motifs is 1. The van der Waals surface area contributed by atoms with E-state index in [9.17, 15) is 0 Å². The summed E-state index contributed by atoms with van der Waals surface area (Å²) in [6, 6.07) is 10.6. The molecule has 2 rings (SSSR count). The minimum Gasteiger partial charge on any atom is -0.493 e. The van der Waals surface area contributed by atoms with Gasteiger partial charge in [0.05, 0.1) is 12.7 Å². The smallest absolute Gasteiger partial charge is 0.130 e. The molecule has 0 saturated carbocycles. The fourth-order valence-corrected chi connectivity index (χ4v) is 3.31. The molecule has 0 saturated heterocycles. The number of hydrogen-bond acceptors (Lipinski definition) is 2. The number of hydrogen-bond donors (Lipinski definition) is 0. The van der Waals surface area contributed by atoms with Gasteiger partial charge in [-0.3, -0.25) is 0 Å². The lowest BCUT2D eigenvalue weighted by Crippen LogP contribution is -2.08. The maximum atomic E-state index is 6.17. The maximum absolute atomic E-state index is 6.17. The highest BCUT2D eigenvalue weighted by molar-refractivity contribution is 9.09. The Kier molecular flexibility index (Phi) is 8.08. The molecule has 0 aromatic heterocycles. The Bertz CT molecular complexity index is 666. The van der Waals surface area contributed by atoms with Crippen LogP contribution in [0.5, 0.6) is 11.5 Å². The van der Waals surface area contributed by atoms with Crippen LogP contribution >= 0.6 is 15.9 Å². The second-order valence-corrected chi connectivity index (χ2v) is 8.07. The number of unbranched alkanes of at least 4 members (excludes halogenated alkanes) is 1. The fraction of sp³-hybridized carbons (Fsp3) is 0.545. The van der Waals surface area contributed by atoms with Gasteiger partial charge in [0, 0.05) is 15.6 Å². The minimum atomic E-state index is 0.163. The number of rotatable bonds is 10. The first-order valence-electron chi connectivity index (χ1n) is 9.54. The third kappa shape index (κ3) is 5.64. The Morgan fingerprint density at radius 2 is 1.76 bits per heavy atom. The molecule has 2 nitrogen and oxygen atoms in total. The van der Waals surface area contributed by atoms with Crippen molar-refractivity contribution >= 4 is 26.7 Å². The summed E-state index contributed by atoms with van der Waals surface area (Å²) in [5, 5.41) is 2.29. The molecule has 0 aliphatic heterocycles. The van der Waals surface area contributed by atoms with Gasteiger partial charge in [-0.2, -0.15) is 0 Å². The first-order chi connectivity index (χ1) is 12.1. The van der Waals surface area contributed by atoms with Crippen LogP contribution in [0, 0.1) is 0 Å². The Balaban J connectivity index is 2.17. The van der Waals surface area contributed by atoms with E-state index in [0.29, 0.717) is 4.83 Å². The number of aryl methyl sites for hydroxylation is 1. The topological polar surface area (TPSA) is 18.5 Å². The van der Waals surface area contributed by atoms with Crippen molar-refractivity contribution in [3.8, 4) is 11.5 Å². The molecule has 1 atom stereocenters. The molecule has 0 radical (unpaired) electrons. The van der Waals surface area contributed by atoms with Gasteiger partial charge in [0.25, 0.3) is 0 Å². The van der Waals surface area contributed by atoms with Gasteiger partial charge in [-0.1, -0.05) is 54.0 Å². The maximum Gasteiger partial charge on any atom is 0.130 e. The van der Waals surface area contributed by atoms with E-state index in [1.165, 1.54) is 24.8 Å². The number of benzene rings is 2. The minimum absolute atomic E-state index is 0.163. The summed E-state index contributed by atoms with van der Waals surface area (Å²) in [5.41, 5.74) is 1.22. The predicted octanol–water partition coefficient (Wildman–Crippen LogP) is 6.91. The Hall–Kier alpha value is -1.22. The summed E-state index contributed by atoms with van der Waals surface area (Å²) in [4.78, 5) is 0.632. The van der Waals surface area contributed by atoms with E-state index in [2.05, 4.69) is 74.0 Å². The molecule has 0 spiro atoms. The molecule has 1 unspecified atom stereocenters. The van der Waals surface area contributed by atoms with E-state index in [1.54, 1.807) is 0 Å². The van der Waals surface area contributed by atoms with Crippen LogP contribution in [-0.2, 0) is 6.42 Å². The SMILES string of the molecule is CCc1cc(OCCCCC(Br)CC)c2ccccc2c1OC(C)C. The molecular formula is C22H31BrO2. The summed E-state index contributed by atoms with van der Waals surface area (Å²) >= 11 is 3.70. The van der Waals surface area contributed by atoms with Crippen molar-refractivity contribution in [3.63, 3.8) is 0 Å². The Labute approximate surface area is 161 Å². The lowest BCUT2D eigenvalue weighted by Gasteiger charge is -2.19. The van der Waals surface area contributed by atoms with E-state index in [-0.39, 0.29) is 6.10 Å². The summed E-state index contributed by atoms with van der Waals surface area (Å²) in [7, 11) is 0. The molecule has 0 fully saturated rings. The average Bonchev–Trinajstić information content (AvgIpc) is 2.62. The molecule has 2 aromatic rings. The lowest BCUT2D eigenvalue weighted by atomic mass is 10.0. The summed E-state index contributed by atoms with van der Waals surface area (Å²) in [6.07, 6.45) is 5.77. The van der Waals surface area contributed by atoms with Gasteiger partial charge < -0.3 is 9.47 Å². The van der Waals surface area contributed by atoms with E-state index in [1.807, 2.05) is 0 Å². The van der Waals surface area contributed by atoms with Crippen molar-refractivity contribution in [2.45, 2.75) is 70.7 Å². The van der Waals surface area contributed by atoms with Gasteiger partial charge in [0.1, 0.15) is 11.5 Å². The van der Waals surface area contributed by atoms with Crippen LogP contribution in [0.25, 0.3) is 10.8 Å². The van der Waals surface area contributed by atoms with Gasteiger partial charge in [-0.15, -0.1) is 0 Å². The third-order valence-electron chi connectivity index (χ3n) is 4.38. The van der Waals surface area contributed by atoms with Crippen LogP contribution in [0.3, 0.4) is 0 Å². The van der Waals surface area contributed by atoms with Crippen molar-refractivity contribution < 1.29 is 9.47 Å². The third-order valence-corrected chi connectivity index (χ3v) is 5.49. The zero-order valence-electron chi connectivity index (χ0n) is 16.0. The molecule has 0 aliphatic rings. The summed E-state index contributed by atoms with van der Waals surface area (Å²) in [6.45, 7) is 9.30. The van der Waals surface area contributed by atoms with Crippen LogP contribution in [0.2, 0.25) is 0 Å². The monoisotopic (exact) mass is 406 g/mol. The molecule has 25 heavy (non-hydrogen) atoms. The fourth-order valence-electron chi connectivity index (χ4n) is 2.98. The van der Waals surface area contributed by atoms with E-state index in [4.69, 9.17) is 9.47 Å². The van der Waals surface area contributed by atoms with E-state index in [0.717, 1.165) is 41.7 Å². The molecular weight excluding hydrogens is 376 g/mol. The summed E-state index contributed by atoms with van der Waals surface area (Å²) in [5.74, 6) is 1.99. The molecule has 2 aromatic carbocycles. The van der Waals surface area contributed by atoms with Crippen LogP contribution in [0.1, 0.15) is 58.9 Å². The number of halogens is 1. The van der Waals surface area contributed by atoms with Crippen molar-refractivity contribution in [2.24, 2.45) is 0 Å². The molecule has 0 amide bonds. The highest BCUT2D eigenvalue weighted by Gasteiger charge is 2.14. The van der Waals surface area contributed by atoms with E-state index >= 15 is 0 Å². The van der Waals surface area contributed by atoms with Crippen molar-refractivity contribution in [1.82, 2.24) is 0 Å². The van der Waals surface area contributed by atoms with Gasteiger partial charge in [-0.25, -0.2) is 0 Å². The zero-order chi connectivity index (χ0) is 18.2. The zero-order valence-corrected chi connectivity index (χ0v) is 17.6. The second-order valence-electron chi connectivity index (χ2n) is 6.78. The van der Waals surface area contributed by atoms with Gasteiger partial charge >= 0.3 is 0 Å². The number of alkyl halides is 1. The predicted molar refractivity (Wildman–Crippen MR) is 111 cm³/mol.